The zero-order valence-electron chi connectivity index (χ0n) is 30.7. The highest BCUT2D eigenvalue weighted by Crippen LogP contribution is 2.31. The van der Waals surface area contributed by atoms with Gasteiger partial charge in [0, 0.05) is 50.3 Å². The van der Waals surface area contributed by atoms with Gasteiger partial charge in [-0.1, -0.05) is 47.6 Å². The second-order valence-corrected chi connectivity index (χ2v) is 15.1. The van der Waals surface area contributed by atoms with Crippen LogP contribution in [-0.4, -0.2) is 72.4 Å². The molecule has 10 heteroatoms. The molecule has 10 nitrogen and oxygen atoms in total. The number of hydrogen-bond acceptors (Lipinski definition) is 6. The molecule has 6 N–H and O–H groups in total. The number of fused-ring (bicyclic) bond motifs is 1. The SMILES string of the molecule is COCCCc1cn(C)c2ccc(C[C@@H](C[C@H](NC(=O)[C@@H](NC(=O)CN)C(C)C)[C@@H](O)C[C@H](C(=O)NCC3CC3)C(C)C)C(C)C)cc12. The van der Waals surface area contributed by atoms with Crippen LogP contribution >= 0.6 is 0 Å². The van der Waals surface area contributed by atoms with Crippen LogP contribution in [0.4, 0.5) is 0 Å². The van der Waals surface area contributed by atoms with E-state index in [4.69, 9.17) is 10.5 Å². The van der Waals surface area contributed by atoms with Crippen molar-refractivity contribution in [3.05, 3.63) is 35.5 Å². The van der Waals surface area contributed by atoms with Gasteiger partial charge in [-0.25, -0.2) is 0 Å². The monoisotopic (exact) mass is 669 g/mol. The summed E-state index contributed by atoms with van der Waals surface area (Å²) in [5.74, 6) is -0.454. The van der Waals surface area contributed by atoms with Gasteiger partial charge in [-0.3, -0.25) is 14.4 Å². The van der Waals surface area contributed by atoms with Crippen molar-refractivity contribution in [3.8, 4) is 0 Å². The zero-order chi connectivity index (χ0) is 35.5. The predicted octanol–water partition coefficient (Wildman–Crippen LogP) is 4.10. The maximum absolute atomic E-state index is 13.7. The Morgan fingerprint density at radius 3 is 2.29 bits per heavy atom. The number of nitrogens with zero attached hydrogens (tertiary/aromatic N) is 1. The lowest BCUT2D eigenvalue weighted by Crippen LogP contribution is -2.56. The van der Waals surface area contributed by atoms with Crippen molar-refractivity contribution in [2.24, 2.45) is 48.3 Å². The first kappa shape index (κ1) is 39.5. The van der Waals surface area contributed by atoms with Crippen LogP contribution in [0.15, 0.2) is 24.4 Å². The van der Waals surface area contributed by atoms with Gasteiger partial charge in [0.25, 0.3) is 0 Å². The molecule has 0 radical (unpaired) electrons. The molecule has 3 amide bonds. The summed E-state index contributed by atoms with van der Waals surface area (Å²) in [5, 5.41) is 22.0. The summed E-state index contributed by atoms with van der Waals surface area (Å²) in [4.78, 5) is 39.2. The molecular formula is C38H63N5O5. The number of nitrogens with one attached hydrogen (secondary N) is 3. The van der Waals surface area contributed by atoms with Crippen LogP contribution in [0, 0.1) is 35.5 Å². The van der Waals surface area contributed by atoms with Crippen LogP contribution in [-0.2, 0) is 39.0 Å². The standard InChI is InChI=1S/C38H63N5O5/c1-23(2)29(16-27-13-14-33-31(17-27)28(22-43(33)7)10-9-15-48-8)18-32(41-38(47)36(25(5)6)42-35(45)20-39)34(44)19-30(24(3)4)37(46)40-21-26-11-12-26/h13-14,17,22-26,29-30,32,34,36,44H,9-12,15-16,18-21,39H2,1-8H3,(H,40,46)(H,41,47)(H,42,45)/t29-,30-,32-,34-,36-/m0/s1. The number of rotatable bonds is 21. The number of aryl methyl sites for hydroxylation is 2. The molecular weight excluding hydrogens is 606 g/mol. The van der Waals surface area contributed by atoms with Crippen molar-refractivity contribution in [1.82, 2.24) is 20.5 Å². The van der Waals surface area contributed by atoms with E-state index >= 15 is 0 Å². The Morgan fingerprint density at radius 2 is 1.71 bits per heavy atom. The van der Waals surface area contributed by atoms with E-state index in [1.165, 1.54) is 22.0 Å². The molecule has 1 aliphatic rings. The Kier molecular flexibility index (Phi) is 15.4. The van der Waals surface area contributed by atoms with Gasteiger partial charge in [-0.2, -0.15) is 0 Å². The van der Waals surface area contributed by atoms with Gasteiger partial charge < -0.3 is 36.1 Å². The summed E-state index contributed by atoms with van der Waals surface area (Å²) in [6.07, 6.45) is 6.93. The molecule has 1 aromatic heterocycles. The highest BCUT2D eigenvalue weighted by molar-refractivity contribution is 5.88. The molecule has 5 atom stereocenters. The number of aliphatic hydroxyl groups excluding tert-OH is 1. The lowest BCUT2D eigenvalue weighted by molar-refractivity contribution is -0.131. The molecule has 0 aliphatic heterocycles. The lowest BCUT2D eigenvalue weighted by atomic mass is 9.80. The molecule has 1 fully saturated rings. The first-order valence-corrected chi connectivity index (χ1v) is 18.1. The number of amides is 3. The van der Waals surface area contributed by atoms with Crippen LogP contribution in [0.25, 0.3) is 10.9 Å². The Bertz CT molecular complexity index is 1330. The first-order valence-electron chi connectivity index (χ1n) is 18.1. The van der Waals surface area contributed by atoms with E-state index < -0.39 is 30.0 Å². The Hall–Kier alpha value is -2.95. The van der Waals surface area contributed by atoms with Crippen LogP contribution in [0.1, 0.15) is 84.8 Å². The second kappa shape index (κ2) is 18.7. The largest absolute Gasteiger partial charge is 0.391 e. The van der Waals surface area contributed by atoms with Crippen molar-refractivity contribution in [1.29, 1.82) is 0 Å². The zero-order valence-corrected chi connectivity index (χ0v) is 30.7. The van der Waals surface area contributed by atoms with E-state index in [-0.39, 0.29) is 48.5 Å². The second-order valence-electron chi connectivity index (χ2n) is 15.1. The third kappa shape index (κ3) is 11.6. The van der Waals surface area contributed by atoms with Crippen LogP contribution in [0.2, 0.25) is 0 Å². The van der Waals surface area contributed by atoms with E-state index in [1.807, 2.05) is 27.7 Å². The van der Waals surface area contributed by atoms with Gasteiger partial charge in [0.05, 0.1) is 18.7 Å². The quantitative estimate of drug-likeness (QED) is 0.127. The topological polar surface area (TPSA) is 148 Å². The van der Waals surface area contributed by atoms with Crippen LogP contribution in [0.3, 0.4) is 0 Å². The Labute approximate surface area is 288 Å². The van der Waals surface area contributed by atoms with E-state index in [2.05, 4.69) is 65.8 Å². The minimum Gasteiger partial charge on any atom is -0.391 e. The number of methoxy groups -OCH3 is 1. The van der Waals surface area contributed by atoms with Crippen molar-refractivity contribution in [2.45, 2.75) is 105 Å². The van der Waals surface area contributed by atoms with Gasteiger partial charge in [0.1, 0.15) is 6.04 Å². The molecule has 1 heterocycles. The van der Waals surface area contributed by atoms with E-state index in [0.29, 0.717) is 25.5 Å². The molecule has 1 aliphatic carbocycles. The maximum Gasteiger partial charge on any atom is 0.243 e. The third-order valence-corrected chi connectivity index (χ3v) is 10.1. The van der Waals surface area contributed by atoms with Gasteiger partial charge in [0.2, 0.25) is 17.7 Å². The fraction of sp³-hybridized carbons (Fsp3) is 0.711. The van der Waals surface area contributed by atoms with Crippen molar-refractivity contribution in [3.63, 3.8) is 0 Å². The number of carbonyl (C=O) groups is 3. The number of ether oxygens (including phenoxy) is 1. The minimum atomic E-state index is -0.962. The fourth-order valence-electron chi connectivity index (χ4n) is 6.63. The average Bonchev–Trinajstić information content (AvgIpc) is 3.82. The van der Waals surface area contributed by atoms with Crippen molar-refractivity contribution in [2.75, 3.05) is 26.8 Å². The maximum atomic E-state index is 13.7. The van der Waals surface area contributed by atoms with Gasteiger partial charge >= 0.3 is 0 Å². The number of nitrogens with two attached hydrogens (primary N) is 1. The molecule has 0 unspecified atom stereocenters. The molecule has 1 saturated carbocycles. The molecule has 270 valence electrons. The number of benzene rings is 1. The Morgan fingerprint density at radius 1 is 1.00 bits per heavy atom. The molecule has 0 spiro atoms. The highest BCUT2D eigenvalue weighted by Gasteiger charge is 2.35. The van der Waals surface area contributed by atoms with Gasteiger partial charge in [-0.05, 0) is 97.8 Å². The van der Waals surface area contributed by atoms with E-state index in [0.717, 1.165) is 32.1 Å². The molecule has 2 aromatic rings. The summed E-state index contributed by atoms with van der Waals surface area (Å²) in [5.41, 5.74) is 9.24. The van der Waals surface area contributed by atoms with Crippen molar-refractivity contribution < 1.29 is 24.2 Å². The molecule has 0 bridgehead atoms. The molecule has 3 rings (SSSR count). The first-order chi connectivity index (χ1) is 22.7. The van der Waals surface area contributed by atoms with Crippen LogP contribution < -0.4 is 21.7 Å². The Balaban J connectivity index is 1.88. The smallest absolute Gasteiger partial charge is 0.243 e. The summed E-state index contributed by atoms with van der Waals surface area (Å²) < 4.78 is 7.46. The summed E-state index contributed by atoms with van der Waals surface area (Å²) in [6, 6.07) is 5.22. The van der Waals surface area contributed by atoms with Crippen molar-refractivity contribution >= 4 is 28.6 Å². The number of hydrogen-bond donors (Lipinski definition) is 5. The minimum absolute atomic E-state index is 0.0130. The number of aliphatic hydroxyl groups is 1. The fourth-order valence-corrected chi connectivity index (χ4v) is 6.63. The van der Waals surface area contributed by atoms with Gasteiger partial charge in [-0.15, -0.1) is 0 Å². The van der Waals surface area contributed by atoms with Crippen LogP contribution in [0.5, 0.6) is 0 Å². The molecule has 0 saturated heterocycles. The number of aromatic nitrogens is 1. The average molecular weight is 670 g/mol. The summed E-state index contributed by atoms with van der Waals surface area (Å²) >= 11 is 0. The van der Waals surface area contributed by atoms with E-state index in [1.54, 1.807) is 7.11 Å². The summed E-state index contributed by atoms with van der Waals surface area (Å²) in [7, 11) is 3.80. The number of carbonyl (C=O) groups excluding carboxylic acids is 3. The highest BCUT2D eigenvalue weighted by atomic mass is 16.5. The summed E-state index contributed by atoms with van der Waals surface area (Å²) in [6.45, 7) is 13.2. The molecule has 1 aromatic carbocycles. The predicted molar refractivity (Wildman–Crippen MR) is 192 cm³/mol. The lowest BCUT2D eigenvalue weighted by Gasteiger charge is -2.34. The molecule has 48 heavy (non-hydrogen) atoms. The van der Waals surface area contributed by atoms with Gasteiger partial charge in [0.15, 0.2) is 0 Å². The third-order valence-electron chi connectivity index (χ3n) is 10.1. The van der Waals surface area contributed by atoms with E-state index in [9.17, 15) is 19.5 Å². The normalized spacial score (nSPS) is 16.6.